The fourth-order valence-electron chi connectivity index (χ4n) is 3.26. The van der Waals surface area contributed by atoms with Crippen LogP contribution in [0.25, 0.3) is 11.3 Å². The highest BCUT2D eigenvalue weighted by atomic mass is 32.2. The quantitative estimate of drug-likeness (QED) is 0.797. The van der Waals surface area contributed by atoms with Crippen LogP contribution in [0.2, 0.25) is 0 Å². The van der Waals surface area contributed by atoms with E-state index in [4.69, 9.17) is 5.73 Å². The highest BCUT2D eigenvalue weighted by Gasteiger charge is 2.28. The molecule has 0 unspecified atom stereocenters. The maximum atomic E-state index is 11.7. The maximum Gasteiger partial charge on any atom is 0.223 e. The monoisotopic (exact) mass is 379 g/mol. The SMILES string of the molecule is CN(C1CCC(Nc2nccc(-c3cnn(C)c3N)n2)CC1)S(C)(=O)=O. The normalized spacial score (nSPS) is 21.1. The topological polar surface area (TPSA) is 119 Å². The van der Waals surface area contributed by atoms with Crippen molar-refractivity contribution in [2.45, 2.75) is 37.8 Å². The molecule has 2 aromatic heterocycles. The minimum atomic E-state index is -3.15. The second-order valence-electron chi connectivity index (χ2n) is 6.76. The Bertz CT molecular complexity index is 872. The van der Waals surface area contributed by atoms with Crippen LogP contribution in [-0.4, -0.2) is 57.9 Å². The Morgan fingerprint density at radius 2 is 2.00 bits per heavy atom. The van der Waals surface area contributed by atoms with Crippen LogP contribution in [0.3, 0.4) is 0 Å². The van der Waals surface area contributed by atoms with Crippen molar-refractivity contribution in [2.24, 2.45) is 7.05 Å². The molecule has 2 heterocycles. The predicted octanol–water partition coefficient (Wildman–Crippen LogP) is 1.07. The van der Waals surface area contributed by atoms with Gasteiger partial charge in [0, 0.05) is 32.4 Å². The third-order valence-electron chi connectivity index (χ3n) is 4.98. The molecule has 2 aromatic rings. The zero-order valence-corrected chi connectivity index (χ0v) is 16.1. The molecule has 0 spiro atoms. The second kappa shape index (κ2) is 7.20. The first-order valence-corrected chi connectivity index (χ1v) is 10.4. The lowest BCUT2D eigenvalue weighted by Gasteiger charge is -2.33. The van der Waals surface area contributed by atoms with E-state index in [1.807, 2.05) is 0 Å². The third kappa shape index (κ3) is 3.96. The van der Waals surface area contributed by atoms with Gasteiger partial charge in [-0.05, 0) is 31.7 Å². The van der Waals surface area contributed by atoms with Gasteiger partial charge in [-0.2, -0.15) is 5.10 Å². The van der Waals surface area contributed by atoms with Crippen LogP contribution in [0.5, 0.6) is 0 Å². The summed E-state index contributed by atoms with van der Waals surface area (Å²) in [6.07, 6.45) is 8.00. The van der Waals surface area contributed by atoms with E-state index in [2.05, 4.69) is 20.4 Å². The van der Waals surface area contributed by atoms with Crippen molar-refractivity contribution in [3.8, 4) is 11.3 Å². The fourth-order valence-corrected chi connectivity index (χ4v) is 4.01. The summed E-state index contributed by atoms with van der Waals surface area (Å²) < 4.78 is 26.4. The Kier molecular flexibility index (Phi) is 5.15. The van der Waals surface area contributed by atoms with E-state index in [9.17, 15) is 8.42 Å². The van der Waals surface area contributed by atoms with Gasteiger partial charge in [0.1, 0.15) is 5.82 Å². The lowest BCUT2D eigenvalue weighted by atomic mass is 9.91. The number of aryl methyl sites for hydroxylation is 1. The van der Waals surface area contributed by atoms with Gasteiger partial charge >= 0.3 is 0 Å². The van der Waals surface area contributed by atoms with Crippen molar-refractivity contribution >= 4 is 21.8 Å². The average molecular weight is 379 g/mol. The van der Waals surface area contributed by atoms with Gasteiger partial charge in [0.25, 0.3) is 0 Å². The van der Waals surface area contributed by atoms with Crippen molar-refractivity contribution in [3.63, 3.8) is 0 Å². The Morgan fingerprint density at radius 1 is 1.31 bits per heavy atom. The lowest BCUT2D eigenvalue weighted by molar-refractivity contribution is 0.276. The van der Waals surface area contributed by atoms with Crippen molar-refractivity contribution in [3.05, 3.63) is 18.5 Å². The molecule has 10 heteroatoms. The van der Waals surface area contributed by atoms with Crippen LogP contribution in [0.4, 0.5) is 11.8 Å². The van der Waals surface area contributed by atoms with Gasteiger partial charge in [0.2, 0.25) is 16.0 Å². The van der Waals surface area contributed by atoms with Crippen LogP contribution >= 0.6 is 0 Å². The Labute approximate surface area is 153 Å². The molecule has 0 amide bonds. The summed E-state index contributed by atoms with van der Waals surface area (Å²) in [6, 6.07) is 2.09. The smallest absolute Gasteiger partial charge is 0.223 e. The van der Waals surface area contributed by atoms with E-state index in [-0.39, 0.29) is 12.1 Å². The number of hydrogen-bond donors (Lipinski definition) is 2. The van der Waals surface area contributed by atoms with Crippen LogP contribution in [0, 0.1) is 0 Å². The van der Waals surface area contributed by atoms with E-state index in [1.165, 1.54) is 10.6 Å². The molecule has 1 aliphatic rings. The molecule has 1 fully saturated rings. The van der Waals surface area contributed by atoms with Gasteiger partial charge in [-0.25, -0.2) is 22.7 Å². The summed E-state index contributed by atoms with van der Waals surface area (Å²) >= 11 is 0. The van der Waals surface area contributed by atoms with E-state index < -0.39 is 10.0 Å². The largest absolute Gasteiger partial charge is 0.383 e. The molecule has 9 nitrogen and oxygen atoms in total. The van der Waals surface area contributed by atoms with Gasteiger partial charge in [-0.15, -0.1) is 0 Å². The number of nitrogens with two attached hydrogens (primary N) is 1. The van der Waals surface area contributed by atoms with Gasteiger partial charge < -0.3 is 11.1 Å². The summed E-state index contributed by atoms with van der Waals surface area (Å²) in [4.78, 5) is 8.84. The number of aromatic nitrogens is 4. The zero-order chi connectivity index (χ0) is 18.9. The molecule has 0 aliphatic heterocycles. The summed E-state index contributed by atoms with van der Waals surface area (Å²) in [5.41, 5.74) is 7.51. The van der Waals surface area contributed by atoms with E-state index in [0.717, 1.165) is 36.9 Å². The number of nitrogens with one attached hydrogen (secondary N) is 1. The molecule has 0 saturated heterocycles. The minimum absolute atomic E-state index is 0.0606. The number of anilines is 2. The number of sulfonamides is 1. The molecule has 0 atom stereocenters. The summed E-state index contributed by atoms with van der Waals surface area (Å²) in [6.45, 7) is 0. The van der Waals surface area contributed by atoms with Crippen LogP contribution in [0.15, 0.2) is 18.5 Å². The lowest BCUT2D eigenvalue weighted by Crippen LogP contribution is -2.41. The first-order chi connectivity index (χ1) is 12.3. The standard InChI is InChI=1S/C16H25N7O2S/c1-22-15(17)13(10-19-22)14-8-9-18-16(21-14)20-11-4-6-12(7-5-11)23(2)26(3,24)25/h8-12H,4-7,17H2,1-3H3,(H,18,20,21). The molecule has 0 bridgehead atoms. The highest BCUT2D eigenvalue weighted by molar-refractivity contribution is 7.88. The molecule has 3 rings (SSSR count). The van der Waals surface area contributed by atoms with Crippen molar-refractivity contribution in [2.75, 3.05) is 24.4 Å². The first-order valence-electron chi connectivity index (χ1n) is 8.56. The highest BCUT2D eigenvalue weighted by Crippen LogP contribution is 2.27. The number of nitrogen functional groups attached to an aromatic ring is 1. The molecule has 1 saturated carbocycles. The second-order valence-corrected chi connectivity index (χ2v) is 8.80. The number of rotatable bonds is 5. The van der Waals surface area contributed by atoms with Crippen molar-refractivity contribution in [1.29, 1.82) is 0 Å². The zero-order valence-electron chi connectivity index (χ0n) is 15.3. The van der Waals surface area contributed by atoms with Gasteiger partial charge in [-0.1, -0.05) is 0 Å². The molecular formula is C16H25N7O2S. The van der Waals surface area contributed by atoms with Crippen molar-refractivity contribution in [1.82, 2.24) is 24.1 Å². The van der Waals surface area contributed by atoms with E-state index >= 15 is 0 Å². The molecule has 0 aromatic carbocycles. The molecule has 0 radical (unpaired) electrons. The number of hydrogen-bond acceptors (Lipinski definition) is 7. The molecular weight excluding hydrogens is 354 g/mol. The first kappa shape index (κ1) is 18.6. The third-order valence-corrected chi connectivity index (χ3v) is 6.33. The molecule has 142 valence electrons. The number of nitrogens with zero attached hydrogens (tertiary/aromatic N) is 5. The predicted molar refractivity (Wildman–Crippen MR) is 101 cm³/mol. The minimum Gasteiger partial charge on any atom is -0.383 e. The van der Waals surface area contributed by atoms with Gasteiger partial charge in [0.15, 0.2) is 0 Å². The molecule has 1 aliphatic carbocycles. The maximum absolute atomic E-state index is 11.7. The summed E-state index contributed by atoms with van der Waals surface area (Å²) in [5, 5.41) is 7.50. The van der Waals surface area contributed by atoms with Crippen LogP contribution in [-0.2, 0) is 17.1 Å². The fraction of sp³-hybridized carbons (Fsp3) is 0.562. The van der Waals surface area contributed by atoms with Crippen LogP contribution < -0.4 is 11.1 Å². The Morgan fingerprint density at radius 3 is 2.58 bits per heavy atom. The van der Waals surface area contributed by atoms with Gasteiger partial charge in [0.05, 0.1) is 23.7 Å². The van der Waals surface area contributed by atoms with E-state index in [0.29, 0.717) is 11.8 Å². The summed E-state index contributed by atoms with van der Waals surface area (Å²) in [5.74, 6) is 1.10. The molecule has 26 heavy (non-hydrogen) atoms. The van der Waals surface area contributed by atoms with E-state index in [1.54, 1.807) is 37.2 Å². The average Bonchev–Trinajstić information content (AvgIpc) is 2.94. The van der Waals surface area contributed by atoms with Gasteiger partial charge in [-0.3, -0.25) is 4.68 Å². The molecule has 3 N–H and O–H groups in total. The Balaban J connectivity index is 1.64. The Hall–Kier alpha value is -2.20. The summed E-state index contributed by atoms with van der Waals surface area (Å²) in [7, 11) is 0.286. The van der Waals surface area contributed by atoms with Crippen molar-refractivity contribution < 1.29 is 8.42 Å². The van der Waals surface area contributed by atoms with Crippen LogP contribution in [0.1, 0.15) is 25.7 Å².